The number of rotatable bonds is 13. The predicted molar refractivity (Wildman–Crippen MR) is 101 cm³/mol. The molecule has 6 nitrogen and oxygen atoms in total. The molecule has 27 heavy (non-hydrogen) atoms. The third-order valence-electron chi connectivity index (χ3n) is 3.76. The van der Waals surface area contributed by atoms with Crippen LogP contribution in [0.2, 0.25) is 0 Å². The molecule has 0 aliphatic carbocycles. The molecule has 0 aromatic heterocycles. The number of carbonyl (C=O) groups excluding carboxylic acids is 3. The molecule has 0 N–H and O–H groups in total. The minimum absolute atomic E-state index is 0.106. The highest BCUT2D eigenvalue weighted by Crippen LogP contribution is 2.07. The van der Waals surface area contributed by atoms with Crippen LogP contribution < -0.4 is 0 Å². The molecule has 1 atom stereocenters. The van der Waals surface area contributed by atoms with E-state index in [1.807, 2.05) is 44.2 Å². The maximum atomic E-state index is 11.9. The Labute approximate surface area is 161 Å². The average Bonchev–Trinajstić information content (AvgIpc) is 2.65. The molecule has 0 aliphatic rings. The van der Waals surface area contributed by atoms with Gasteiger partial charge in [0.05, 0.1) is 0 Å². The molecule has 0 radical (unpaired) electrons. The number of carbonyl (C=O) groups is 3. The van der Waals surface area contributed by atoms with Crippen LogP contribution in [0.15, 0.2) is 30.3 Å². The van der Waals surface area contributed by atoms with Crippen LogP contribution in [-0.2, 0) is 35.0 Å². The standard InChI is InChI=1S/C21H30O6/c1-3-9-19(22)25-15-18(27-21(24)10-4-2)16-26-20(23)14-8-13-17-11-6-5-7-12-17/h5-7,11-12,18H,3-4,8-10,13-16H2,1-2H3. The van der Waals surface area contributed by atoms with E-state index in [9.17, 15) is 14.4 Å². The fourth-order valence-electron chi connectivity index (χ4n) is 2.37. The second-order valence-electron chi connectivity index (χ2n) is 6.32. The van der Waals surface area contributed by atoms with Crippen LogP contribution in [-0.4, -0.2) is 37.2 Å². The van der Waals surface area contributed by atoms with Crippen molar-refractivity contribution in [3.05, 3.63) is 35.9 Å². The van der Waals surface area contributed by atoms with Crippen LogP contribution in [0.5, 0.6) is 0 Å². The molecule has 0 saturated carbocycles. The van der Waals surface area contributed by atoms with Gasteiger partial charge in [0, 0.05) is 19.3 Å². The lowest BCUT2D eigenvalue weighted by Crippen LogP contribution is -2.30. The first kappa shape index (κ1) is 22.7. The minimum Gasteiger partial charge on any atom is -0.462 e. The van der Waals surface area contributed by atoms with Gasteiger partial charge >= 0.3 is 17.9 Å². The second-order valence-corrected chi connectivity index (χ2v) is 6.32. The molecule has 6 heteroatoms. The van der Waals surface area contributed by atoms with Crippen molar-refractivity contribution in [2.75, 3.05) is 13.2 Å². The van der Waals surface area contributed by atoms with E-state index in [1.54, 1.807) is 0 Å². The summed E-state index contributed by atoms with van der Waals surface area (Å²) >= 11 is 0. The van der Waals surface area contributed by atoms with E-state index < -0.39 is 12.1 Å². The normalized spacial score (nSPS) is 11.5. The third kappa shape index (κ3) is 11.1. The quantitative estimate of drug-likeness (QED) is 0.385. The molecule has 1 aromatic carbocycles. The van der Waals surface area contributed by atoms with E-state index in [4.69, 9.17) is 14.2 Å². The van der Waals surface area contributed by atoms with Gasteiger partial charge in [0.1, 0.15) is 13.2 Å². The van der Waals surface area contributed by atoms with Crippen LogP contribution in [0.4, 0.5) is 0 Å². The summed E-state index contributed by atoms with van der Waals surface area (Å²) in [6.07, 6.45) is 2.87. The number of hydrogen-bond acceptors (Lipinski definition) is 6. The Hall–Kier alpha value is -2.37. The molecule has 0 heterocycles. The number of benzene rings is 1. The van der Waals surface area contributed by atoms with Crippen molar-refractivity contribution in [1.29, 1.82) is 0 Å². The van der Waals surface area contributed by atoms with Crippen molar-refractivity contribution in [2.45, 2.75) is 64.9 Å². The fraction of sp³-hybridized carbons (Fsp3) is 0.571. The molecule has 0 amide bonds. The van der Waals surface area contributed by atoms with E-state index in [2.05, 4.69) is 0 Å². The maximum Gasteiger partial charge on any atom is 0.306 e. The van der Waals surface area contributed by atoms with Gasteiger partial charge in [-0.3, -0.25) is 14.4 Å². The van der Waals surface area contributed by atoms with Crippen molar-refractivity contribution in [3.63, 3.8) is 0 Å². The molecule has 150 valence electrons. The van der Waals surface area contributed by atoms with E-state index in [0.29, 0.717) is 25.7 Å². The highest BCUT2D eigenvalue weighted by atomic mass is 16.6. The lowest BCUT2D eigenvalue weighted by Gasteiger charge is -2.18. The first-order valence-corrected chi connectivity index (χ1v) is 9.59. The Morgan fingerprint density at radius 1 is 0.815 bits per heavy atom. The molecule has 1 unspecified atom stereocenters. The Bertz CT molecular complexity index is 569. The number of hydrogen-bond donors (Lipinski definition) is 0. The van der Waals surface area contributed by atoms with Crippen molar-refractivity contribution in [1.82, 2.24) is 0 Å². The van der Waals surface area contributed by atoms with Gasteiger partial charge in [0.2, 0.25) is 0 Å². The smallest absolute Gasteiger partial charge is 0.306 e. The lowest BCUT2D eigenvalue weighted by atomic mass is 10.1. The van der Waals surface area contributed by atoms with Gasteiger partial charge in [-0.2, -0.15) is 0 Å². The first-order chi connectivity index (χ1) is 13.0. The second kappa shape index (κ2) is 13.8. The Kier molecular flexibility index (Phi) is 11.6. The van der Waals surface area contributed by atoms with E-state index in [-0.39, 0.29) is 38.0 Å². The van der Waals surface area contributed by atoms with Gasteiger partial charge in [-0.25, -0.2) is 0 Å². The highest BCUT2D eigenvalue weighted by molar-refractivity contribution is 5.71. The monoisotopic (exact) mass is 378 g/mol. The van der Waals surface area contributed by atoms with E-state index >= 15 is 0 Å². The molecule has 1 aromatic rings. The molecule has 0 spiro atoms. The van der Waals surface area contributed by atoms with Crippen molar-refractivity contribution in [2.24, 2.45) is 0 Å². The maximum absolute atomic E-state index is 11.9. The van der Waals surface area contributed by atoms with Crippen LogP contribution in [0, 0.1) is 0 Å². The number of ether oxygens (including phenoxy) is 3. The van der Waals surface area contributed by atoms with E-state index in [0.717, 1.165) is 6.42 Å². The SMILES string of the molecule is CCCC(=O)OCC(COC(=O)CCCc1ccccc1)OC(=O)CCC. The van der Waals surface area contributed by atoms with Crippen LogP contribution >= 0.6 is 0 Å². The molecule has 0 aliphatic heterocycles. The lowest BCUT2D eigenvalue weighted by molar-refractivity contribution is -0.166. The van der Waals surface area contributed by atoms with E-state index in [1.165, 1.54) is 5.56 Å². The van der Waals surface area contributed by atoms with Crippen LogP contribution in [0.25, 0.3) is 0 Å². The summed E-state index contributed by atoms with van der Waals surface area (Å²) in [5.41, 5.74) is 1.17. The van der Waals surface area contributed by atoms with Gasteiger partial charge in [0.15, 0.2) is 6.10 Å². The van der Waals surface area contributed by atoms with Crippen molar-refractivity contribution >= 4 is 17.9 Å². The Morgan fingerprint density at radius 3 is 1.96 bits per heavy atom. The summed E-state index contributed by atoms with van der Waals surface area (Å²) in [5.74, 6) is -1.11. The van der Waals surface area contributed by atoms with Gasteiger partial charge in [0.25, 0.3) is 0 Å². The average molecular weight is 378 g/mol. The fourth-order valence-corrected chi connectivity index (χ4v) is 2.37. The van der Waals surface area contributed by atoms with Gasteiger partial charge in [-0.15, -0.1) is 0 Å². The van der Waals surface area contributed by atoms with Gasteiger partial charge < -0.3 is 14.2 Å². The van der Waals surface area contributed by atoms with Gasteiger partial charge in [-0.1, -0.05) is 44.2 Å². The minimum atomic E-state index is -0.775. The highest BCUT2D eigenvalue weighted by Gasteiger charge is 2.19. The summed E-state index contributed by atoms with van der Waals surface area (Å²) in [6.45, 7) is 3.52. The zero-order valence-electron chi connectivity index (χ0n) is 16.3. The number of esters is 3. The number of aryl methyl sites for hydroxylation is 1. The summed E-state index contributed by atoms with van der Waals surface area (Å²) < 4.78 is 15.5. The Morgan fingerprint density at radius 2 is 1.37 bits per heavy atom. The summed E-state index contributed by atoms with van der Waals surface area (Å²) in [7, 11) is 0. The molecular weight excluding hydrogens is 348 g/mol. The molecule has 0 bridgehead atoms. The Balaban J connectivity index is 2.37. The topological polar surface area (TPSA) is 78.9 Å². The molecule has 0 fully saturated rings. The zero-order valence-corrected chi connectivity index (χ0v) is 16.3. The zero-order chi connectivity index (χ0) is 19.9. The summed E-state index contributed by atoms with van der Waals surface area (Å²) in [4.78, 5) is 35.1. The molecular formula is C21H30O6. The first-order valence-electron chi connectivity index (χ1n) is 9.59. The predicted octanol–water partition coefficient (Wildman–Crippen LogP) is 3.61. The van der Waals surface area contributed by atoms with Crippen LogP contribution in [0.3, 0.4) is 0 Å². The molecule has 0 saturated heterocycles. The largest absolute Gasteiger partial charge is 0.462 e. The summed E-state index contributed by atoms with van der Waals surface area (Å²) in [5, 5.41) is 0. The van der Waals surface area contributed by atoms with Gasteiger partial charge in [-0.05, 0) is 31.2 Å². The van der Waals surface area contributed by atoms with Crippen molar-refractivity contribution < 1.29 is 28.6 Å². The van der Waals surface area contributed by atoms with Crippen molar-refractivity contribution in [3.8, 4) is 0 Å². The summed E-state index contributed by atoms with van der Waals surface area (Å²) in [6, 6.07) is 9.90. The molecule has 1 rings (SSSR count). The van der Waals surface area contributed by atoms with Crippen LogP contribution in [0.1, 0.15) is 57.9 Å². The third-order valence-corrected chi connectivity index (χ3v) is 3.76.